The molecule has 1 aromatic rings. The van der Waals surface area contributed by atoms with Crippen LogP contribution in [-0.2, 0) is 4.79 Å². The first kappa shape index (κ1) is 15.5. The number of rotatable bonds is 2. The second-order valence-electron chi connectivity index (χ2n) is 5.61. The maximum Gasteiger partial charge on any atom is 0.236 e. The van der Waals surface area contributed by atoms with Crippen LogP contribution in [0.5, 0.6) is 0 Å². The highest BCUT2D eigenvalue weighted by Gasteiger charge is 2.15. The molecular weight excluding hydrogens is 298 g/mol. The highest BCUT2D eigenvalue weighted by molar-refractivity contribution is 8.15. The van der Waals surface area contributed by atoms with Gasteiger partial charge >= 0.3 is 0 Å². The first-order chi connectivity index (χ1) is 9.92. The zero-order valence-corrected chi connectivity index (χ0v) is 14.1. The van der Waals surface area contributed by atoms with Gasteiger partial charge in [-0.3, -0.25) is 4.79 Å². The molecule has 0 saturated carbocycles. The molecule has 4 nitrogen and oxygen atoms in total. The number of carbonyl (C=O) groups is 1. The van der Waals surface area contributed by atoms with Crippen LogP contribution in [0.2, 0.25) is 19.6 Å². The molecule has 0 bridgehead atoms. The number of carbonyl (C=O) groups excluding carboxylic acids is 1. The van der Waals surface area contributed by atoms with Gasteiger partial charge in [-0.2, -0.15) is 5.10 Å². The maximum absolute atomic E-state index is 11.0. The van der Waals surface area contributed by atoms with Gasteiger partial charge in [-0.25, -0.2) is 0 Å². The number of thioether (sulfide) groups is 1. The van der Waals surface area contributed by atoms with Gasteiger partial charge in [0.1, 0.15) is 8.07 Å². The molecule has 6 heteroatoms. The van der Waals surface area contributed by atoms with Crippen molar-refractivity contribution < 1.29 is 4.79 Å². The molecule has 0 atom stereocenters. The third-order valence-electron chi connectivity index (χ3n) is 2.43. The highest BCUT2D eigenvalue weighted by Crippen LogP contribution is 2.08. The summed E-state index contributed by atoms with van der Waals surface area (Å²) in [6.07, 6.45) is 1.66. The molecule has 0 aromatic heterocycles. The van der Waals surface area contributed by atoms with Gasteiger partial charge in [-0.15, -0.1) is 10.6 Å². The molecule has 108 valence electrons. The predicted octanol–water partition coefficient (Wildman–Crippen LogP) is 2.47. The van der Waals surface area contributed by atoms with E-state index in [0.717, 1.165) is 11.1 Å². The topological polar surface area (TPSA) is 53.8 Å². The molecule has 1 heterocycles. The summed E-state index contributed by atoms with van der Waals surface area (Å²) >= 11 is 1.36. The Kier molecular flexibility index (Phi) is 4.99. The van der Waals surface area contributed by atoms with Crippen LogP contribution in [0.15, 0.2) is 34.5 Å². The van der Waals surface area contributed by atoms with Gasteiger partial charge in [-0.1, -0.05) is 49.5 Å². The number of nitrogens with one attached hydrogen (secondary N) is 1. The molecule has 1 saturated heterocycles. The van der Waals surface area contributed by atoms with Crippen molar-refractivity contribution in [1.82, 2.24) is 5.32 Å². The van der Waals surface area contributed by atoms with Crippen molar-refractivity contribution in [2.45, 2.75) is 19.6 Å². The van der Waals surface area contributed by atoms with E-state index in [1.54, 1.807) is 6.21 Å². The summed E-state index contributed by atoms with van der Waals surface area (Å²) in [5.41, 5.74) is 5.30. The number of hydrogen-bond acceptors (Lipinski definition) is 4. The van der Waals surface area contributed by atoms with Crippen LogP contribution in [0, 0.1) is 11.5 Å². The molecule has 0 spiro atoms. The number of amidine groups is 1. The first-order valence-electron chi connectivity index (χ1n) is 6.59. The Labute approximate surface area is 130 Å². The zero-order valence-electron chi connectivity index (χ0n) is 12.3. The summed E-state index contributed by atoms with van der Waals surface area (Å²) in [5, 5.41) is 11.1. The normalized spacial score (nSPS) is 16.9. The van der Waals surface area contributed by atoms with Gasteiger partial charge in [-0.05, 0) is 17.7 Å². The zero-order chi connectivity index (χ0) is 15.3. The van der Waals surface area contributed by atoms with Crippen molar-refractivity contribution >= 4 is 37.1 Å². The summed E-state index contributed by atoms with van der Waals surface area (Å²) in [5.74, 6) is 3.59. The maximum atomic E-state index is 11.0. The second-order valence-corrected chi connectivity index (χ2v) is 11.3. The molecule has 0 unspecified atom stereocenters. The van der Waals surface area contributed by atoms with E-state index >= 15 is 0 Å². The van der Waals surface area contributed by atoms with Crippen LogP contribution in [0.25, 0.3) is 0 Å². The van der Waals surface area contributed by atoms with Crippen LogP contribution in [-0.4, -0.2) is 31.1 Å². The van der Waals surface area contributed by atoms with Crippen molar-refractivity contribution in [3.63, 3.8) is 0 Å². The van der Waals surface area contributed by atoms with Crippen molar-refractivity contribution in [2.75, 3.05) is 5.75 Å². The minimum atomic E-state index is -1.34. The Hall–Kier alpha value is -1.84. The Morgan fingerprint density at radius 1 is 1.29 bits per heavy atom. The standard InChI is InChI=1S/C15H17N3OSSi/c1-21(2,3)9-8-12-4-6-13(7-5-12)10-16-18-15-17-14(19)11-20-15/h4-7,10H,11H2,1-3H3,(H,17,18,19). The monoisotopic (exact) mass is 315 g/mol. The van der Waals surface area contributed by atoms with E-state index in [2.05, 4.69) is 46.6 Å². The fourth-order valence-corrected chi connectivity index (χ4v) is 2.59. The Morgan fingerprint density at radius 3 is 2.57 bits per heavy atom. The smallest absolute Gasteiger partial charge is 0.236 e. The van der Waals surface area contributed by atoms with Gasteiger partial charge in [0.05, 0.1) is 12.0 Å². The lowest BCUT2D eigenvalue weighted by Gasteiger charge is -2.03. The van der Waals surface area contributed by atoms with Crippen LogP contribution >= 0.6 is 11.8 Å². The molecule has 0 radical (unpaired) electrons. The van der Waals surface area contributed by atoms with Crippen molar-refractivity contribution in [3.05, 3.63) is 35.4 Å². The fourth-order valence-electron chi connectivity index (χ4n) is 1.44. The minimum Gasteiger partial charge on any atom is -0.303 e. The van der Waals surface area contributed by atoms with Gasteiger partial charge in [0, 0.05) is 5.56 Å². The third kappa shape index (κ3) is 5.58. The molecular formula is C15H17N3OSSi. The second kappa shape index (κ2) is 6.74. The predicted molar refractivity (Wildman–Crippen MR) is 92.3 cm³/mol. The average Bonchev–Trinajstić information content (AvgIpc) is 2.83. The summed E-state index contributed by atoms with van der Waals surface area (Å²) in [6.45, 7) is 6.67. The summed E-state index contributed by atoms with van der Waals surface area (Å²) in [7, 11) is -1.34. The Bertz CT molecular complexity index is 648. The van der Waals surface area contributed by atoms with Gasteiger partial charge < -0.3 is 5.32 Å². The van der Waals surface area contributed by atoms with Gasteiger partial charge in [0.2, 0.25) is 5.91 Å². The lowest BCUT2D eigenvalue weighted by Crippen LogP contribution is -2.19. The quantitative estimate of drug-likeness (QED) is 0.394. The molecule has 21 heavy (non-hydrogen) atoms. The third-order valence-corrected chi connectivity index (χ3v) is 4.17. The van der Waals surface area contributed by atoms with E-state index in [4.69, 9.17) is 0 Å². The van der Waals surface area contributed by atoms with E-state index in [1.165, 1.54) is 11.8 Å². The molecule has 1 aromatic carbocycles. The van der Waals surface area contributed by atoms with E-state index in [-0.39, 0.29) is 5.91 Å². The van der Waals surface area contributed by atoms with E-state index in [9.17, 15) is 4.79 Å². The summed E-state index contributed by atoms with van der Waals surface area (Å²) in [6, 6.07) is 7.87. The molecule has 1 aliphatic heterocycles. The van der Waals surface area contributed by atoms with Crippen LogP contribution in [0.3, 0.4) is 0 Å². The van der Waals surface area contributed by atoms with Crippen molar-refractivity contribution in [3.8, 4) is 11.5 Å². The van der Waals surface area contributed by atoms with Crippen molar-refractivity contribution in [1.29, 1.82) is 0 Å². The van der Waals surface area contributed by atoms with Crippen LogP contribution in [0.4, 0.5) is 0 Å². The minimum absolute atomic E-state index is 0.0284. The average molecular weight is 315 g/mol. The Morgan fingerprint density at radius 2 is 2.00 bits per heavy atom. The lowest BCUT2D eigenvalue weighted by molar-refractivity contribution is -0.116. The lowest BCUT2D eigenvalue weighted by atomic mass is 10.1. The number of amides is 1. The van der Waals surface area contributed by atoms with Gasteiger partial charge in [0.25, 0.3) is 0 Å². The summed E-state index contributed by atoms with van der Waals surface area (Å²) in [4.78, 5) is 11.0. The van der Waals surface area contributed by atoms with E-state index in [0.29, 0.717) is 10.9 Å². The summed E-state index contributed by atoms with van der Waals surface area (Å²) < 4.78 is 0. The van der Waals surface area contributed by atoms with E-state index < -0.39 is 8.07 Å². The largest absolute Gasteiger partial charge is 0.303 e. The van der Waals surface area contributed by atoms with E-state index in [1.807, 2.05) is 24.3 Å². The number of nitrogens with zero attached hydrogens (tertiary/aromatic N) is 2. The number of hydrogen-bond donors (Lipinski definition) is 1. The SMILES string of the molecule is C[Si](C)(C)C#Cc1ccc(C=NN=C2NC(=O)CS2)cc1. The van der Waals surface area contributed by atoms with Gasteiger partial charge in [0.15, 0.2) is 5.17 Å². The molecule has 1 amide bonds. The van der Waals surface area contributed by atoms with Crippen molar-refractivity contribution in [2.24, 2.45) is 10.2 Å². The van der Waals surface area contributed by atoms with Crippen LogP contribution in [0.1, 0.15) is 11.1 Å². The molecule has 1 N–H and O–H groups in total. The highest BCUT2D eigenvalue weighted by atomic mass is 32.2. The first-order valence-corrected chi connectivity index (χ1v) is 11.1. The Balaban J connectivity index is 1.99. The molecule has 1 fully saturated rings. The van der Waals surface area contributed by atoms with Crippen LogP contribution < -0.4 is 5.32 Å². The number of benzene rings is 1. The molecule has 2 rings (SSSR count). The molecule has 1 aliphatic rings. The molecule has 0 aliphatic carbocycles. The fraction of sp³-hybridized carbons (Fsp3) is 0.267.